The highest BCUT2D eigenvalue weighted by Crippen LogP contribution is 2.35. The summed E-state index contributed by atoms with van der Waals surface area (Å²) < 4.78 is 12.5. The van der Waals surface area contributed by atoms with Crippen molar-refractivity contribution in [3.63, 3.8) is 0 Å². The van der Waals surface area contributed by atoms with Crippen LogP contribution < -0.4 is 14.8 Å². The zero-order valence-corrected chi connectivity index (χ0v) is 19.8. The third-order valence-electron chi connectivity index (χ3n) is 4.64. The number of nitrogens with one attached hydrogen (secondary N) is 1. The standard InChI is InChI=1S/C23H23IN2O6/c1-3-9-26-21(27)18(25-23(26)30)11-15-10-17(24)20(19(12-15)31-4-2)32-13-14-5-7-16(8-6-14)22(28)29/h5-8,10-12H,3-4,9,13H2,1-2H3,(H,25,30)(H,28,29)/b18-11+. The van der Waals surface area contributed by atoms with Gasteiger partial charge in [0.25, 0.3) is 5.91 Å². The van der Waals surface area contributed by atoms with Gasteiger partial charge in [-0.3, -0.25) is 9.69 Å². The van der Waals surface area contributed by atoms with Crippen LogP contribution in [0.4, 0.5) is 4.79 Å². The van der Waals surface area contributed by atoms with Crippen molar-refractivity contribution in [2.45, 2.75) is 26.9 Å². The van der Waals surface area contributed by atoms with Crippen LogP contribution in [-0.2, 0) is 11.4 Å². The van der Waals surface area contributed by atoms with E-state index in [9.17, 15) is 14.4 Å². The number of imide groups is 1. The molecule has 0 unspecified atom stereocenters. The number of rotatable bonds is 9. The number of aromatic carboxylic acids is 1. The van der Waals surface area contributed by atoms with Gasteiger partial charge in [0.2, 0.25) is 0 Å². The van der Waals surface area contributed by atoms with Gasteiger partial charge in [0.1, 0.15) is 12.3 Å². The Hall–Kier alpha value is -3.08. The van der Waals surface area contributed by atoms with Crippen molar-refractivity contribution < 1.29 is 29.0 Å². The van der Waals surface area contributed by atoms with Crippen LogP contribution in [0.1, 0.15) is 41.8 Å². The quantitative estimate of drug-likeness (QED) is 0.275. The predicted octanol–water partition coefficient (Wildman–Crippen LogP) is 4.27. The van der Waals surface area contributed by atoms with Gasteiger partial charge >= 0.3 is 12.0 Å². The number of nitrogens with zero attached hydrogens (tertiary/aromatic N) is 1. The first-order valence-corrected chi connectivity index (χ1v) is 11.2. The average molecular weight is 550 g/mol. The van der Waals surface area contributed by atoms with E-state index in [-0.39, 0.29) is 23.8 Å². The first kappa shape index (κ1) is 23.6. The number of carbonyl (C=O) groups is 3. The van der Waals surface area contributed by atoms with E-state index in [0.717, 1.165) is 9.13 Å². The molecule has 2 N–H and O–H groups in total. The first-order valence-electron chi connectivity index (χ1n) is 10.1. The minimum atomic E-state index is -0.981. The summed E-state index contributed by atoms with van der Waals surface area (Å²) in [5.74, 6) is -0.276. The monoisotopic (exact) mass is 550 g/mol. The van der Waals surface area contributed by atoms with Gasteiger partial charge in [-0.1, -0.05) is 19.1 Å². The van der Waals surface area contributed by atoms with E-state index in [2.05, 4.69) is 27.9 Å². The Balaban J connectivity index is 1.82. The molecule has 0 aromatic heterocycles. The maximum atomic E-state index is 12.5. The molecular formula is C23H23IN2O6. The highest BCUT2D eigenvalue weighted by molar-refractivity contribution is 14.1. The van der Waals surface area contributed by atoms with Gasteiger partial charge in [-0.15, -0.1) is 0 Å². The minimum Gasteiger partial charge on any atom is -0.490 e. The number of urea groups is 1. The summed E-state index contributed by atoms with van der Waals surface area (Å²) in [6.07, 6.45) is 2.30. The van der Waals surface area contributed by atoms with Crippen LogP contribution in [0, 0.1) is 3.57 Å². The minimum absolute atomic E-state index is 0.210. The molecule has 2 aromatic rings. The Bertz CT molecular complexity index is 1060. The zero-order chi connectivity index (χ0) is 23.3. The van der Waals surface area contributed by atoms with Gasteiger partial charge in [0.15, 0.2) is 11.5 Å². The van der Waals surface area contributed by atoms with Crippen molar-refractivity contribution in [1.29, 1.82) is 0 Å². The molecule has 0 bridgehead atoms. The largest absolute Gasteiger partial charge is 0.490 e. The second-order valence-corrected chi connectivity index (χ2v) is 8.16. The normalized spacial score (nSPS) is 14.6. The van der Waals surface area contributed by atoms with Crippen LogP contribution in [0.5, 0.6) is 11.5 Å². The van der Waals surface area contributed by atoms with Crippen molar-refractivity contribution in [3.8, 4) is 11.5 Å². The van der Waals surface area contributed by atoms with Crippen molar-refractivity contribution in [3.05, 3.63) is 62.4 Å². The lowest BCUT2D eigenvalue weighted by molar-refractivity contribution is -0.122. The van der Waals surface area contributed by atoms with Crippen molar-refractivity contribution >= 4 is 46.6 Å². The third-order valence-corrected chi connectivity index (χ3v) is 5.44. The molecule has 0 atom stereocenters. The van der Waals surface area contributed by atoms with E-state index >= 15 is 0 Å². The van der Waals surface area contributed by atoms with Crippen LogP contribution >= 0.6 is 22.6 Å². The number of carbonyl (C=O) groups excluding carboxylic acids is 2. The predicted molar refractivity (Wildman–Crippen MR) is 127 cm³/mol. The second-order valence-electron chi connectivity index (χ2n) is 7.00. The molecule has 1 fully saturated rings. The number of hydrogen-bond acceptors (Lipinski definition) is 5. The van der Waals surface area contributed by atoms with Crippen LogP contribution in [0.2, 0.25) is 0 Å². The Kier molecular flexibility index (Phi) is 7.73. The van der Waals surface area contributed by atoms with Crippen LogP contribution in [0.25, 0.3) is 6.08 Å². The van der Waals surface area contributed by atoms with Crippen molar-refractivity contribution in [2.24, 2.45) is 0 Å². The van der Waals surface area contributed by atoms with Gasteiger partial charge in [-0.2, -0.15) is 0 Å². The molecule has 9 heteroatoms. The highest BCUT2D eigenvalue weighted by Gasteiger charge is 2.32. The number of halogens is 1. The molecule has 0 spiro atoms. The highest BCUT2D eigenvalue weighted by atomic mass is 127. The number of benzene rings is 2. The van der Waals surface area contributed by atoms with Gasteiger partial charge < -0.3 is 19.9 Å². The summed E-state index contributed by atoms with van der Waals surface area (Å²) >= 11 is 2.13. The lowest BCUT2D eigenvalue weighted by Gasteiger charge is -2.15. The molecule has 2 aromatic carbocycles. The van der Waals surface area contributed by atoms with E-state index in [0.29, 0.717) is 36.6 Å². The SMILES string of the molecule is CCCN1C(=O)N/C(=C/c2cc(I)c(OCc3ccc(C(=O)O)cc3)c(OCC)c2)C1=O. The fourth-order valence-electron chi connectivity index (χ4n) is 3.14. The Morgan fingerprint density at radius 2 is 1.88 bits per heavy atom. The smallest absolute Gasteiger partial charge is 0.335 e. The number of amides is 3. The maximum Gasteiger partial charge on any atom is 0.335 e. The van der Waals surface area contributed by atoms with E-state index in [1.165, 1.54) is 17.0 Å². The summed E-state index contributed by atoms with van der Waals surface area (Å²) in [7, 11) is 0. The topological polar surface area (TPSA) is 105 Å². The zero-order valence-electron chi connectivity index (χ0n) is 17.7. The van der Waals surface area contributed by atoms with E-state index < -0.39 is 12.0 Å². The van der Waals surface area contributed by atoms with Gasteiger partial charge in [0.05, 0.1) is 15.7 Å². The van der Waals surface area contributed by atoms with E-state index in [4.69, 9.17) is 14.6 Å². The Labute approximate surface area is 199 Å². The first-order chi connectivity index (χ1) is 15.3. The third kappa shape index (κ3) is 5.39. The Morgan fingerprint density at radius 1 is 1.16 bits per heavy atom. The number of carboxylic acids is 1. The summed E-state index contributed by atoms with van der Waals surface area (Å²) in [6, 6.07) is 9.62. The molecule has 0 saturated carbocycles. The number of hydrogen-bond donors (Lipinski definition) is 2. The van der Waals surface area contributed by atoms with Gasteiger partial charge in [-0.25, -0.2) is 9.59 Å². The molecule has 3 amide bonds. The Morgan fingerprint density at radius 3 is 2.50 bits per heavy atom. The van der Waals surface area contributed by atoms with Crippen molar-refractivity contribution in [1.82, 2.24) is 10.2 Å². The average Bonchev–Trinajstić information content (AvgIpc) is 3.01. The molecule has 0 aliphatic carbocycles. The molecule has 0 radical (unpaired) electrons. The molecular weight excluding hydrogens is 527 g/mol. The van der Waals surface area contributed by atoms with E-state index in [1.807, 2.05) is 19.9 Å². The molecule has 168 valence electrons. The summed E-state index contributed by atoms with van der Waals surface area (Å²) in [5, 5.41) is 11.6. The fourth-order valence-corrected chi connectivity index (χ4v) is 3.92. The molecule has 1 aliphatic rings. The van der Waals surface area contributed by atoms with Crippen LogP contribution in [0.3, 0.4) is 0 Å². The lowest BCUT2D eigenvalue weighted by Crippen LogP contribution is -2.31. The molecule has 1 heterocycles. The molecule has 8 nitrogen and oxygen atoms in total. The van der Waals surface area contributed by atoms with Gasteiger partial charge in [0, 0.05) is 6.54 Å². The molecule has 32 heavy (non-hydrogen) atoms. The number of carboxylic acid groups (broad SMARTS) is 1. The van der Waals surface area contributed by atoms with Crippen LogP contribution in [0.15, 0.2) is 42.1 Å². The molecule has 3 rings (SSSR count). The number of ether oxygens (including phenoxy) is 2. The van der Waals surface area contributed by atoms with E-state index in [1.54, 1.807) is 24.3 Å². The van der Waals surface area contributed by atoms with Gasteiger partial charge in [-0.05, 0) is 77.4 Å². The molecule has 1 saturated heterocycles. The summed E-state index contributed by atoms with van der Waals surface area (Å²) in [5.41, 5.74) is 1.93. The summed E-state index contributed by atoms with van der Waals surface area (Å²) in [4.78, 5) is 36.7. The second kappa shape index (κ2) is 10.5. The molecule has 1 aliphatic heterocycles. The lowest BCUT2D eigenvalue weighted by atomic mass is 10.1. The van der Waals surface area contributed by atoms with Crippen LogP contribution in [-0.4, -0.2) is 41.1 Å². The maximum absolute atomic E-state index is 12.5. The van der Waals surface area contributed by atoms with Crippen molar-refractivity contribution in [2.75, 3.05) is 13.2 Å². The fraction of sp³-hybridized carbons (Fsp3) is 0.261. The summed E-state index contributed by atoms with van der Waals surface area (Å²) in [6.45, 7) is 4.77.